The minimum atomic E-state index is 0.190. The van der Waals surface area contributed by atoms with Crippen molar-refractivity contribution >= 4 is 0 Å². The van der Waals surface area contributed by atoms with Crippen LogP contribution in [0.4, 0.5) is 0 Å². The fourth-order valence-corrected chi connectivity index (χ4v) is 1.70. The Morgan fingerprint density at radius 3 is 3.19 bits per heavy atom. The lowest BCUT2D eigenvalue weighted by molar-refractivity contribution is -0.0864. The summed E-state index contributed by atoms with van der Waals surface area (Å²) >= 11 is 0. The molecular weight excluding hydrogens is 206 g/mol. The molecule has 0 saturated carbocycles. The van der Waals surface area contributed by atoms with Gasteiger partial charge in [0, 0.05) is 31.4 Å². The van der Waals surface area contributed by atoms with Gasteiger partial charge in [-0.05, 0) is 6.92 Å². The van der Waals surface area contributed by atoms with E-state index in [0.29, 0.717) is 13.2 Å². The molecule has 16 heavy (non-hydrogen) atoms. The SMILES string of the molecule is CCn1cc(CNCC2COCCO2)cn1. The molecule has 1 aromatic rings. The van der Waals surface area contributed by atoms with E-state index in [9.17, 15) is 0 Å². The number of nitrogens with one attached hydrogen (secondary N) is 1. The number of hydrogen-bond donors (Lipinski definition) is 1. The van der Waals surface area contributed by atoms with Crippen molar-refractivity contribution < 1.29 is 9.47 Å². The number of aromatic nitrogens is 2. The average Bonchev–Trinajstić information content (AvgIpc) is 2.78. The number of nitrogens with zero attached hydrogens (tertiary/aromatic N) is 2. The van der Waals surface area contributed by atoms with Gasteiger partial charge in [0.25, 0.3) is 0 Å². The van der Waals surface area contributed by atoms with E-state index in [-0.39, 0.29) is 6.10 Å². The molecule has 0 aliphatic carbocycles. The molecule has 1 aliphatic heterocycles. The summed E-state index contributed by atoms with van der Waals surface area (Å²) in [5.74, 6) is 0. The zero-order valence-electron chi connectivity index (χ0n) is 9.69. The van der Waals surface area contributed by atoms with Gasteiger partial charge in [-0.25, -0.2) is 0 Å². The molecule has 0 bridgehead atoms. The Labute approximate surface area is 95.7 Å². The van der Waals surface area contributed by atoms with Crippen LogP contribution in [0, 0.1) is 0 Å². The predicted molar refractivity (Wildman–Crippen MR) is 60.2 cm³/mol. The van der Waals surface area contributed by atoms with Crippen LogP contribution < -0.4 is 5.32 Å². The Kier molecular flexibility index (Phi) is 4.33. The first-order chi connectivity index (χ1) is 7.88. The van der Waals surface area contributed by atoms with E-state index < -0.39 is 0 Å². The first-order valence-electron chi connectivity index (χ1n) is 5.80. The van der Waals surface area contributed by atoms with E-state index in [0.717, 1.165) is 26.2 Å². The summed E-state index contributed by atoms with van der Waals surface area (Å²) in [5, 5.41) is 7.57. The molecule has 1 atom stereocenters. The van der Waals surface area contributed by atoms with Crippen LogP contribution in [0.5, 0.6) is 0 Å². The van der Waals surface area contributed by atoms with Crippen molar-refractivity contribution in [2.75, 3.05) is 26.4 Å². The van der Waals surface area contributed by atoms with Crippen molar-refractivity contribution in [3.05, 3.63) is 18.0 Å². The van der Waals surface area contributed by atoms with E-state index >= 15 is 0 Å². The van der Waals surface area contributed by atoms with Gasteiger partial charge < -0.3 is 14.8 Å². The third-order valence-electron chi connectivity index (χ3n) is 2.60. The molecule has 90 valence electrons. The van der Waals surface area contributed by atoms with Crippen LogP contribution in [-0.4, -0.2) is 42.2 Å². The van der Waals surface area contributed by atoms with Crippen LogP contribution >= 0.6 is 0 Å². The fourth-order valence-electron chi connectivity index (χ4n) is 1.70. The Balaban J connectivity index is 1.66. The van der Waals surface area contributed by atoms with Gasteiger partial charge in [0.05, 0.1) is 32.1 Å². The van der Waals surface area contributed by atoms with Crippen LogP contribution in [0.1, 0.15) is 12.5 Å². The topological polar surface area (TPSA) is 48.3 Å². The summed E-state index contributed by atoms with van der Waals surface area (Å²) in [5.41, 5.74) is 1.21. The van der Waals surface area contributed by atoms with Gasteiger partial charge in [-0.1, -0.05) is 0 Å². The summed E-state index contributed by atoms with van der Waals surface area (Å²) in [4.78, 5) is 0. The van der Waals surface area contributed by atoms with Crippen LogP contribution in [0.2, 0.25) is 0 Å². The van der Waals surface area contributed by atoms with E-state index in [1.165, 1.54) is 5.56 Å². The van der Waals surface area contributed by atoms with Crippen molar-refractivity contribution in [2.24, 2.45) is 0 Å². The third-order valence-corrected chi connectivity index (χ3v) is 2.60. The second-order valence-corrected chi connectivity index (χ2v) is 3.90. The van der Waals surface area contributed by atoms with Crippen molar-refractivity contribution in [3.63, 3.8) is 0 Å². The Morgan fingerprint density at radius 1 is 1.56 bits per heavy atom. The summed E-state index contributed by atoms with van der Waals surface area (Å²) in [7, 11) is 0. The Bertz CT molecular complexity index is 308. The van der Waals surface area contributed by atoms with Crippen LogP contribution in [-0.2, 0) is 22.6 Å². The van der Waals surface area contributed by atoms with Gasteiger partial charge in [0.2, 0.25) is 0 Å². The lowest BCUT2D eigenvalue weighted by Crippen LogP contribution is -2.37. The standard InChI is InChI=1S/C11H19N3O2/c1-2-14-8-10(6-13-14)5-12-7-11-9-15-3-4-16-11/h6,8,11-12H,2-5,7,9H2,1H3. The highest BCUT2D eigenvalue weighted by atomic mass is 16.6. The molecule has 1 fully saturated rings. The Morgan fingerprint density at radius 2 is 2.50 bits per heavy atom. The highest BCUT2D eigenvalue weighted by Crippen LogP contribution is 2.01. The van der Waals surface area contributed by atoms with Crippen LogP contribution in [0.25, 0.3) is 0 Å². The normalized spacial score (nSPS) is 21.2. The molecule has 1 aromatic heterocycles. The maximum absolute atomic E-state index is 5.53. The van der Waals surface area contributed by atoms with Crippen molar-refractivity contribution in [2.45, 2.75) is 26.1 Å². The number of hydrogen-bond acceptors (Lipinski definition) is 4. The molecule has 0 spiro atoms. The second-order valence-electron chi connectivity index (χ2n) is 3.90. The lowest BCUT2D eigenvalue weighted by atomic mass is 10.3. The summed E-state index contributed by atoms with van der Waals surface area (Å²) in [6.07, 6.45) is 4.15. The second kappa shape index (κ2) is 5.98. The summed E-state index contributed by atoms with van der Waals surface area (Å²) < 4.78 is 12.8. The lowest BCUT2D eigenvalue weighted by Gasteiger charge is -2.22. The van der Waals surface area contributed by atoms with Crippen molar-refractivity contribution in [3.8, 4) is 0 Å². The van der Waals surface area contributed by atoms with Gasteiger partial charge in [-0.15, -0.1) is 0 Å². The van der Waals surface area contributed by atoms with E-state index in [1.807, 2.05) is 10.9 Å². The largest absolute Gasteiger partial charge is 0.376 e. The average molecular weight is 225 g/mol. The molecule has 2 rings (SSSR count). The first-order valence-corrected chi connectivity index (χ1v) is 5.80. The van der Waals surface area contributed by atoms with E-state index in [4.69, 9.17) is 9.47 Å². The quantitative estimate of drug-likeness (QED) is 0.788. The number of ether oxygens (including phenoxy) is 2. The maximum atomic E-state index is 5.53. The molecule has 2 heterocycles. The molecule has 1 saturated heterocycles. The molecule has 5 heteroatoms. The third kappa shape index (κ3) is 3.30. The molecule has 5 nitrogen and oxygen atoms in total. The number of rotatable bonds is 5. The molecule has 1 N–H and O–H groups in total. The summed E-state index contributed by atoms with van der Waals surface area (Å²) in [6, 6.07) is 0. The fraction of sp³-hybridized carbons (Fsp3) is 0.727. The minimum absolute atomic E-state index is 0.190. The van der Waals surface area contributed by atoms with Crippen molar-refractivity contribution in [1.82, 2.24) is 15.1 Å². The zero-order valence-corrected chi connectivity index (χ0v) is 9.69. The van der Waals surface area contributed by atoms with Gasteiger partial charge in [-0.3, -0.25) is 4.68 Å². The Hall–Kier alpha value is -0.910. The highest BCUT2D eigenvalue weighted by Gasteiger charge is 2.13. The van der Waals surface area contributed by atoms with Crippen LogP contribution in [0.3, 0.4) is 0 Å². The van der Waals surface area contributed by atoms with E-state index in [2.05, 4.69) is 23.5 Å². The monoisotopic (exact) mass is 225 g/mol. The van der Waals surface area contributed by atoms with Gasteiger partial charge >= 0.3 is 0 Å². The molecule has 0 amide bonds. The highest BCUT2D eigenvalue weighted by molar-refractivity contribution is 5.03. The number of aryl methyl sites for hydroxylation is 1. The predicted octanol–water partition coefficient (Wildman–Crippen LogP) is 0.408. The van der Waals surface area contributed by atoms with Crippen LogP contribution in [0.15, 0.2) is 12.4 Å². The molecule has 0 aromatic carbocycles. The maximum Gasteiger partial charge on any atom is 0.0933 e. The van der Waals surface area contributed by atoms with Gasteiger partial charge in [-0.2, -0.15) is 5.10 Å². The van der Waals surface area contributed by atoms with Gasteiger partial charge in [0.15, 0.2) is 0 Å². The molecule has 1 aliphatic rings. The molecular formula is C11H19N3O2. The smallest absolute Gasteiger partial charge is 0.0933 e. The summed E-state index contributed by atoms with van der Waals surface area (Å²) in [6.45, 7) is 6.79. The van der Waals surface area contributed by atoms with Crippen molar-refractivity contribution in [1.29, 1.82) is 0 Å². The zero-order chi connectivity index (χ0) is 11.2. The van der Waals surface area contributed by atoms with E-state index in [1.54, 1.807) is 0 Å². The minimum Gasteiger partial charge on any atom is -0.376 e. The van der Waals surface area contributed by atoms with Gasteiger partial charge in [0.1, 0.15) is 0 Å². The molecule has 1 unspecified atom stereocenters. The first kappa shape index (κ1) is 11.6. The molecule has 0 radical (unpaired) electrons.